The van der Waals surface area contributed by atoms with Gasteiger partial charge >= 0.3 is 0 Å². The number of nitrogens with one attached hydrogen (secondary N) is 3. The van der Waals surface area contributed by atoms with Crippen LogP contribution in [0.5, 0.6) is 0 Å². The third kappa shape index (κ3) is 9.42. The van der Waals surface area contributed by atoms with Gasteiger partial charge in [-0.15, -0.1) is 24.0 Å². The number of aromatic nitrogens is 2. The van der Waals surface area contributed by atoms with Crippen LogP contribution in [0.4, 0.5) is 10.1 Å². The van der Waals surface area contributed by atoms with Gasteiger partial charge < -0.3 is 10.6 Å². The third-order valence-corrected chi connectivity index (χ3v) is 5.64. The Morgan fingerprint density at radius 2 is 1.94 bits per heavy atom. The standard InChI is InChI=1S/C20H31FN6O2S.HI/c1-5-22-20(23-9-6-11-27-17(4)13-16(3)25-27)24-10-12-30(28,29)26-18-8-7-15(2)19(21)14-18;/h7-8,13-14,26H,5-6,9-12H2,1-4H3,(H2,22,23,24);1H. The van der Waals surface area contributed by atoms with E-state index in [1.54, 1.807) is 6.92 Å². The van der Waals surface area contributed by atoms with Gasteiger partial charge in [-0.3, -0.25) is 14.4 Å². The molecule has 8 nitrogen and oxygen atoms in total. The van der Waals surface area contributed by atoms with Crippen LogP contribution in [0.25, 0.3) is 0 Å². The molecule has 0 amide bonds. The normalized spacial score (nSPS) is 11.7. The predicted molar refractivity (Wildman–Crippen MR) is 134 cm³/mol. The molecule has 0 saturated carbocycles. The van der Waals surface area contributed by atoms with E-state index in [0.29, 0.717) is 24.6 Å². The first-order chi connectivity index (χ1) is 14.2. The van der Waals surface area contributed by atoms with E-state index < -0.39 is 15.8 Å². The lowest BCUT2D eigenvalue weighted by Gasteiger charge is -2.13. The molecule has 0 bridgehead atoms. The minimum atomic E-state index is -3.61. The minimum Gasteiger partial charge on any atom is -0.357 e. The van der Waals surface area contributed by atoms with Gasteiger partial charge in [0.25, 0.3) is 0 Å². The van der Waals surface area contributed by atoms with Crippen molar-refractivity contribution in [1.29, 1.82) is 0 Å². The quantitative estimate of drug-likeness (QED) is 0.178. The Hall–Kier alpha value is -1.89. The number of hydrogen-bond donors (Lipinski definition) is 3. The first kappa shape index (κ1) is 27.1. The maximum Gasteiger partial charge on any atom is 0.234 e. The van der Waals surface area contributed by atoms with Gasteiger partial charge in [0.2, 0.25) is 10.0 Å². The largest absolute Gasteiger partial charge is 0.357 e. The Morgan fingerprint density at radius 1 is 1.19 bits per heavy atom. The Bertz CT molecular complexity index is 978. The van der Waals surface area contributed by atoms with Crippen LogP contribution in [0.15, 0.2) is 29.3 Å². The number of nitrogens with zero attached hydrogens (tertiary/aromatic N) is 3. The average molecular weight is 566 g/mol. The van der Waals surface area contributed by atoms with Crippen molar-refractivity contribution >= 4 is 45.6 Å². The number of halogens is 2. The van der Waals surface area contributed by atoms with Crippen LogP contribution in [0.1, 0.15) is 30.3 Å². The number of guanidine groups is 1. The summed E-state index contributed by atoms with van der Waals surface area (Å²) in [4.78, 5) is 4.48. The molecule has 0 aliphatic heterocycles. The van der Waals surface area contributed by atoms with Gasteiger partial charge in [-0.25, -0.2) is 12.8 Å². The van der Waals surface area contributed by atoms with Crippen molar-refractivity contribution in [2.24, 2.45) is 4.99 Å². The van der Waals surface area contributed by atoms with Crippen molar-refractivity contribution in [3.8, 4) is 0 Å². The van der Waals surface area contributed by atoms with E-state index >= 15 is 0 Å². The molecule has 0 fully saturated rings. The minimum absolute atomic E-state index is 0. The number of hydrogen-bond acceptors (Lipinski definition) is 4. The maximum absolute atomic E-state index is 13.6. The lowest BCUT2D eigenvalue weighted by atomic mass is 10.2. The van der Waals surface area contributed by atoms with E-state index in [1.165, 1.54) is 18.2 Å². The number of aliphatic imine (C=N–C) groups is 1. The third-order valence-electron chi connectivity index (χ3n) is 4.35. The van der Waals surface area contributed by atoms with Crippen molar-refractivity contribution < 1.29 is 12.8 Å². The molecule has 31 heavy (non-hydrogen) atoms. The van der Waals surface area contributed by atoms with Crippen LogP contribution in [-0.4, -0.2) is 49.5 Å². The summed E-state index contributed by atoms with van der Waals surface area (Å²) in [5.74, 6) is -0.0589. The molecule has 3 N–H and O–H groups in total. The fraction of sp³-hybridized carbons (Fsp3) is 0.500. The fourth-order valence-corrected chi connectivity index (χ4v) is 3.80. The van der Waals surface area contributed by atoms with Crippen molar-refractivity contribution in [1.82, 2.24) is 20.4 Å². The lowest BCUT2D eigenvalue weighted by Crippen LogP contribution is -2.40. The number of sulfonamides is 1. The Balaban J connectivity index is 0.00000480. The van der Waals surface area contributed by atoms with E-state index in [1.807, 2.05) is 31.5 Å². The first-order valence-corrected chi connectivity index (χ1v) is 11.7. The lowest BCUT2D eigenvalue weighted by molar-refractivity contribution is 0.567. The van der Waals surface area contributed by atoms with Gasteiger partial charge in [-0.2, -0.15) is 5.10 Å². The van der Waals surface area contributed by atoms with Gasteiger partial charge in [0, 0.05) is 31.9 Å². The molecule has 0 spiro atoms. The van der Waals surface area contributed by atoms with E-state index in [2.05, 4.69) is 25.4 Å². The Kier molecular flexibility index (Phi) is 11.2. The highest BCUT2D eigenvalue weighted by molar-refractivity contribution is 14.0. The summed E-state index contributed by atoms with van der Waals surface area (Å²) in [6.07, 6.45) is 0.817. The fourth-order valence-electron chi connectivity index (χ4n) is 2.85. The van der Waals surface area contributed by atoms with E-state index in [9.17, 15) is 12.8 Å². The van der Waals surface area contributed by atoms with Crippen LogP contribution in [0.2, 0.25) is 0 Å². The average Bonchev–Trinajstić information content (AvgIpc) is 2.98. The van der Waals surface area contributed by atoms with E-state index in [-0.39, 0.29) is 42.0 Å². The molecular weight excluding hydrogens is 534 g/mol. The molecule has 11 heteroatoms. The zero-order valence-electron chi connectivity index (χ0n) is 18.4. The van der Waals surface area contributed by atoms with E-state index in [0.717, 1.165) is 24.4 Å². The molecule has 174 valence electrons. The molecule has 1 aromatic heterocycles. The molecule has 0 aliphatic rings. The van der Waals surface area contributed by atoms with Crippen molar-refractivity contribution in [3.63, 3.8) is 0 Å². The van der Waals surface area contributed by atoms with Gasteiger partial charge in [-0.05, 0) is 57.9 Å². The summed E-state index contributed by atoms with van der Waals surface area (Å²) < 4.78 is 42.4. The van der Waals surface area contributed by atoms with Gasteiger partial charge in [-0.1, -0.05) is 6.07 Å². The molecule has 1 aromatic carbocycles. The van der Waals surface area contributed by atoms with Gasteiger partial charge in [0.05, 0.1) is 17.1 Å². The second-order valence-corrected chi connectivity index (χ2v) is 8.92. The van der Waals surface area contributed by atoms with Crippen molar-refractivity contribution in [3.05, 3.63) is 47.0 Å². The monoisotopic (exact) mass is 566 g/mol. The van der Waals surface area contributed by atoms with Crippen LogP contribution in [0, 0.1) is 26.6 Å². The Labute approximate surface area is 201 Å². The number of benzene rings is 1. The van der Waals surface area contributed by atoms with Crippen LogP contribution in [-0.2, 0) is 16.6 Å². The zero-order valence-corrected chi connectivity index (χ0v) is 21.6. The molecule has 1 heterocycles. The molecule has 0 unspecified atom stereocenters. The highest BCUT2D eigenvalue weighted by Gasteiger charge is 2.12. The number of anilines is 1. The molecule has 0 aliphatic carbocycles. The second-order valence-electron chi connectivity index (χ2n) is 7.08. The summed E-state index contributed by atoms with van der Waals surface area (Å²) in [6.45, 7) is 9.74. The van der Waals surface area contributed by atoms with Crippen LogP contribution < -0.4 is 15.4 Å². The number of aryl methyl sites for hydroxylation is 4. The highest BCUT2D eigenvalue weighted by atomic mass is 127. The Morgan fingerprint density at radius 3 is 2.55 bits per heavy atom. The highest BCUT2D eigenvalue weighted by Crippen LogP contribution is 2.14. The van der Waals surface area contributed by atoms with Gasteiger partial charge in [0.1, 0.15) is 5.82 Å². The summed E-state index contributed by atoms with van der Waals surface area (Å²) >= 11 is 0. The summed E-state index contributed by atoms with van der Waals surface area (Å²) in [7, 11) is -3.61. The maximum atomic E-state index is 13.6. The zero-order chi connectivity index (χ0) is 22.1. The van der Waals surface area contributed by atoms with Gasteiger partial charge in [0.15, 0.2) is 5.96 Å². The smallest absolute Gasteiger partial charge is 0.234 e. The number of rotatable bonds is 10. The molecule has 0 radical (unpaired) electrons. The topological polar surface area (TPSA) is 100 Å². The molecule has 2 aromatic rings. The predicted octanol–water partition coefficient (Wildman–Crippen LogP) is 2.95. The van der Waals surface area contributed by atoms with Crippen molar-refractivity contribution in [2.45, 2.75) is 40.7 Å². The van der Waals surface area contributed by atoms with Crippen LogP contribution in [0.3, 0.4) is 0 Å². The second kappa shape index (κ2) is 12.8. The summed E-state index contributed by atoms with van der Waals surface area (Å²) in [6, 6.07) is 6.29. The molecule has 2 rings (SSSR count). The first-order valence-electron chi connectivity index (χ1n) is 10.00. The van der Waals surface area contributed by atoms with Crippen molar-refractivity contribution in [2.75, 3.05) is 30.1 Å². The molecule has 0 atom stereocenters. The SMILES string of the molecule is CCNC(=NCCCn1nc(C)cc1C)NCCS(=O)(=O)Nc1ccc(C)c(F)c1.I. The van der Waals surface area contributed by atoms with Crippen LogP contribution >= 0.6 is 24.0 Å². The summed E-state index contributed by atoms with van der Waals surface area (Å²) in [5, 5.41) is 10.5. The molecule has 0 saturated heterocycles. The summed E-state index contributed by atoms with van der Waals surface area (Å²) in [5.41, 5.74) is 2.79. The molecular formula is C20H32FIN6O2S. The van der Waals surface area contributed by atoms with E-state index in [4.69, 9.17) is 0 Å².